The Labute approximate surface area is 117 Å². The molecule has 0 saturated heterocycles. The van der Waals surface area contributed by atoms with Gasteiger partial charge < -0.3 is 15.4 Å². The number of para-hydroxylation sites is 2. The van der Waals surface area contributed by atoms with Crippen LogP contribution < -0.4 is 15.4 Å². The van der Waals surface area contributed by atoms with Gasteiger partial charge in [0.1, 0.15) is 10.8 Å². The normalized spacial score (nSPS) is 10.1. The summed E-state index contributed by atoms with van der Waals surface area (Å²) in [7, 11) is 1.75. The molecular formula is C13H15ClN4O. The number of nitrogens with one attached hydrogen (secondary N) is 2. The first-order valence-electron chi connectivity index (χ1n) is 5.93. The summed E-state index contributed by atoms with van der Waals surface area (Å²) < 4.78 is 5.54. The van der Waals surface area contributed by atoms with Crippen molar-refractivity contribution in [2.75, 3.05) is 24.3 Å². The first-order valence-corrected chi connectivity index (χ1v) is 6.31. The van der Waals surface area contributed by atoms with E-state index in [1.165, 1.54) is 0 Å². The highest BCUT2D eigenvalue weighted by Crippen LogP contribution is 2.29. The Kier molecular flexibility index (Phi) is 4.41. The van der Waals surface area contributed by atoms with Gasteiger partial charge in [0.25, 0.3) is 0 Å². The third-order valence-electron chi connectivity index (χ3n) is 2.41. The minimum Gasteiger partial charge on any atom is -0.492 e. The lowest BCUT2D eigenvalue weighted by molar-refractivity contribution is 0.342. The highest BCUT2D eigenvalue weighted by atomic mass is 35.5. The number of benzene rings is 1. The SMILES string of the molecule is CCOc1ccccc1Nc1nc(NC)ncc1Cl. The smallest absolute Gasteiger partial charge is 0.224 e. The average molecular weight is 279 g/mol. The lowest BCUT2D eigenvalue weighted by atomic mass is 10.3. The number of halogens is 1. The van der Waals surface area contributed by atoms with Crippen molar-refractivity contribution in [3.63, 3.8) is 0 Å². The number of rotatable bonds is 5. The summed E-state index contributed by atoms with van der Waals surface area (Å²) in [4.78, 5) is 8.30. The van der Waals surface area contributed by atoms with Gasteiger partial charge in [0.15, 0.2) is 5.82 Å². The van der Waals surface area contributed by atoms with Crippen molar-refractivity contribution in [2.45, 2.75) is 6.92 Å². The summed E-state index contributed by atoms with van der Waals surface area (Å²) in [5, 5.41) is 6.47. The lowest BCUT2D eigenvalue weighted by Crippen LogP contribution is -2.02. The molecule has 6 heteroatoms. The van der Waals surface area contributed by atoms with Crippen LogP contribution in [0.1, 0.15) is 6.92 Å². The largest absolute Gasteiger partial charge is 0.492 e. The van der Waals surface area contributed by atoms with Gasteiger partial charge >= 0.3 is 0 Å². The first kappa shape index (κ1) is 13.4. The molecule has 100 valence electrons. The second-order valence-electron chi connectivity index (χ2n) is 3.69. The second-order valence-corrected chi connectivity index (χ2v) is 4.10. The van der Waals surface area contributed by atoms with Gasteiger partial charge in [-0.2, -0.15) is 4.98 Å². The maximum absolute atomic E-state index is 6.08. The molecule has 0 aliphatic heterocycles. The summed E-state index contributed by atoms with van der Waals surface area (Å²) >= 11 is 6.08. The molecular weight excluding hydrogens is 264 g/mol. The minimum absolute atomic E-state index is 0.449. The molecule has 0 atom stereocenters. The molecule has 2 N–H and O–H groups in total. The van der Waals surface area contributed by atoms with E-state index in [0.29, 0.717) is 23.4 Å². The predicted molar refractivity (Wildman–Crippen MR) is 77.5 cm³/mol. The zero-order valence-electron chi connectivity index (χ0n) is 10.8. The summed E-state index contributed by atoms with van der Waals surface area (Å²) in [6.45, 7) is 2.53. The molecule has 1 aromatic heterocycles. The standard InChI is InChI=1S/C13H15ClN4O/c1-3-19-11-7-5-4-6-10(11)17-12-9(14)8-16-13(15-2)18-12/h4-8H,3H2,1-2H3,(H2,15,16,17,18). The summed E-state index contributed by atoms with van der Waals surface area (Å²) in [5.74, 6) is 1.79. The molecule has 2 rings (SSSR count). The fraction of sp³-hybridized carbons (Fsp3) is 0.231. The van der Waals surface area contributed by atoms with Crippen LogP contribution in [0.3, 0.4) is 0 Å². The number of anilines is 3. The van der Waals surface area contributed by atoms with Crippen LogP contribution in [0.5, 0.6) is 5.75 Å². The zero-order valence-corrected chi connectivity index (χ0v) is 11.5. The number of ether oxygens (including phenoxy) is 1. The first-order chi connectivity index (χ1) is 9.24. The van der Waals surface area contributed by atoms with Crippen molar-refractivity contribution in [2.24, 2.45) is 0 Å². The van der Waals surface area contributed by atoms with Gasteiger partial charge in [0.2, 0.25) is 5.95 Å². The monoisotopic (exact) mass is 278 g/mol. The fourth-order valence-electron chi connectivity index (χ4n) is 1.55. The zero-order chi connectivity index (χ0) is 13.7. The van der Waals surface area contributed by atoms with Crippen molar-refractivity contribution in [3.8, 4) is 5.75 Å². The molecule has 19 heavy (non-hydrogen) atoms. The Hall–Kier alpha value is -2.01. The topological polar surface area (TPSA) is 59.1 Å². The summed E-state index contributed by atoms with van der Waals surface area (Å²) in [5.41, 5.74) is 0.812. The van der Waals surface area contributed by atoms with E-state index in [0.717, 1.165) is 11.4 Å². The molecule has 0 bridgehead atoms. The molecule has 5 nitrogen and oxygen atoms in total. The highest BCUT2D eigenvalue weighted by Gasteiger charge is 2.08. The van der Waals surface area contributed by atoms with Crippen LogP contribution in [-0.4, -0.2) is 23.6 Å². The molecule has 0 radical (unpaired) electrons. The molecule has 0 saturated carbocycles. The number of hydrogen-bond acceptors (Lipinski definition) is 5. The number of hydrogen-bond donors (Lipinski definition) is 2. The van der Waals surface area contributed by atoms with E-state index < -0.39 is 0 Å². The van der Waals surface area contributed by atoms with Crippen LogP contribution in [0.25, 0.3) is 0 Å². The van der Waals surface area contributed by atoms with Crippen molar-refractivity contribution in [1.29, 1.82) is 0 Å². The maximum Gasteiger partial charge on any atom is 0.224 e. The van der Waals surface area contributed by atoms with Crippen LogP contribution in [0.4, 0.5) is 17.5 Å². The van der Waals surface area contributed by atoms with Gasteiger partial charge in [-0.15, -0.1) is 0 Å². The molecule has 1 aromatic carbocycles. The molecule has 1 heterocycles. The minimum atomic E-state index is 0.449. The van der Waals surface area contributed by atoms with Crippen molar-refractivity contribution in [3.05, 3.63) is 35.5 Å². The number of aromatic nitrogens is 2. The van der Waals surface area contributed by atoms with Crippen molar-refractivity contribution in [1.82, 2.24) is 9.97 Å². The molecule has 0 fully saturated rings. The maximum atomic E-state index is 6.08. The van der Waals surface area contributed by atoms with E-state index in [1.807, 2.05) is 31.2 Å². The van der Waals surface area contributed by atoms with E-state index >= 15 is 0 Å². The third-order valence-corrected chi connectivity index (χ3v) is 2.68. The van der Waals surface area contributed by atoms with Crippen LogP contribution in [0, 0.1) is 0 Å². The van der Waals surface area contributed by atoms with Gasteiger partial charge in [-0.1, -0.05) is 23.7 Å². The molecule has 0 amide bonds. The Morgan fingerprint density at radius 1 is 1.32 bits per heavy atom. The number of nitrogens with zero attached hydrogens (tertiary/aromatic N) is 2. The Morgan fingerprint density at radius 2 is 2.11 bits per heavy atom. The molecule has 0 aliphatic rings. The van der Waals surface area contributed by atoms with Crippen molar-refractivity contribution >= 4 is 29.1 Å². The van der Waals surface area contributed by atoms with Gasteiger partial charge in [0, 0.05) is 7.05 Å². The Bertz CT molecular complexity index is 562. The molecule has 0 aliphatic carbocycles. The van der Waals surface area contributed by atoms with Crippen LogP contribution in [0.15, 0.2) is 30.5 Å². The predicted octanol–water partition coefficient (Wildman–Crippen LogP) is 3.31. The van der Waals surface area contributed by atoms with Gasteiger partial charge in [-0.25, -0.2) is 4.98 Å². The average Bonchev–Trinajstić information content (AvgIpc) is 2.43. The van der Waals surface area contributed by atoms with E-state index in [9.17, 15) is 0 Å². The summed E-state index contributed by atoms with van der Waals surface area (Å²) in [6.07, 6.45) is 1.55. The van der Waals surface area contributed by atoms with E-state index in [-0.39, 0.29) is 0 Å². The molecule has 2 aromatic rings. The Morgan fingerprint density at radius 3 is 2.84 bits per heavy atom. The second kappa shape index (κ2) is 6.24. The van der Waals surface area contributed by atoms with Crippen LogP contribution in [0.2, 0.25) is 5.02 Å². The molecule has 0 unspecified atom stereocenters. The third kappa shape index (κ3) is 3.26. The van der Waals surface area contributed by atoms with Crippen LogP contribution in [-0.2, 0) is 0 Å². The molecule has 0 spiro atoms. The van der Waals surface area contributed by atoms with E-state index in [1.54, 1.807) is 13.2 Å². The summed E-state index contributed by atoms with van der Waals surface area (Å²) in [6, 6.07) is 7.62. The van der Waals surface area contributed by atoms with Gasteiger partial charge in [-0.05, 0) is 19.1 Å². The van der Waals surface area contributed by atoms with Gasteiger partial charge in [-0.3, -0.25) is 0 Å². The quantitative estimate of drug-likeness (QED) is 0.879. The van der Waals surface area contributed by atoms with Gasteiger partial charge in [0.05, 0.1) is 18.5 Å². The Balaban J connectivity index is 2.30. The van der Waals surface area contributed by atoms with Crippen molar-refractivity contribution < 1.29 is 4.74 Å². The van der Waals surface area contributed by atoms with E-state index in [2.05, 4.69) is 20.6 Å². The van der Waals surface area contributed by atoms with E-state index in [4.69, 9.17) is 16.3 Å². The fourth-order valence-corrected chi connectivity index (χ4v) is 1.69. The highest BCUT2D eigenvalue weighted by molar-refractivity contribution is 6.32. The van der Waals surface area contributed by atoms with Crippen LogP contribution >= 0.6 is 11.6 Å². The lowest BCUT2D eigenvalue weighted by Gasteiger charge is -2.12.